The van der Waals surface area contributed by atoms with E-state index in [4.69, 9.17) is 0 Å². The summed E-state index contributed by atoms with van der Waals surface area (Å²) in [6, 6.07) is 0. The fraction of sp³-hybridized carbons (Fsp3) is 0.938. The van der Waals surface area contributed by atoms with E-state index in [0.717, 1.165) is 25.7 Å². The van der Waals surface area contributed by atoms with Crippen LogP contribution in [0.15, 0.2) is 0 Å². The van der Waals surface area contributed by atoms with Gasteiger partial charge in [-0.2, -0.15) is 13.2 Å². The van der Waals surface area contributed by atoms with E-state index in [2.05, 4.69) is 5.32 Å². The van der Waals surface area contributed by atoms with Gasteiger partial charge in [-0.15, -0.1) is 0 Å². The van der Waals surface area contributed by atoms with Crippen molar-refractivity contribution in [2.75, 3.05) is 26.2 Å². The van der Waals surface area contributed by atoms with Crippen LogP contribution >= 0.6 is 0 Å². The highest BCUT2D eigenvalue weighted by atomic mass is 19.4. The Bertz CT molecular complexity index is 385. The number of amides is 1. The molecule has 1 aliphatic carbocycles. The molecular formula is C16H27F3N2O2. The highest BCUT2D eigenvalue weighted by Gasteiger charge is 2.34. The average molecular weight is 336 g/mol. The number of carbonyl (C=O) groups excluding carboxylic acids is 1. The standard InChI is InChI=1S/C16H27F3N2O2/c17-16(18,19)12-21-9-5-13(6-10-21)14(22)20-11-15(23)7-3-1-2-4-8-15/h13,23H,1-12H2,(H,20,22). The third-order valence-corrected chi connectivity index (χ3v) is 4.99. The first-order chi connectivity index (χ1) is 10.8. The van der Waals surface area contributed by atoms with Crippen LogP contribution in [-0.4, -0.2) is 53.9 Å². The van der Waals surface area contributed by atoms with Gasteiger partial charge in [-0.3, -0.25) is 9.69 Å². The van der Waals surface area contributed by atoms with E-state index in [1.54, 1.807) is 0 Å². The van der Waals surface area contributed by atoms with Crippen molar-refractivity contribution in [1.82, 2.24) is 10.2 Å². The molecule has 0 unspecified atom stereocenters. The summed E-state index contributed by atoms with van der Waals surface area (Å²) in [4.78, 5) is 13.5. The molecule has 1 aliphatic heterocycles. The van der Waals surface area contributed by atoms with E-state index < -0.39 is 18.3 Å². The van der Waals surface area contributed by atoms with E-state index in [1.807, 2.05) is 0 Å². The number of hydrogen-bond donors (Lipinski definition) is 2. The van der Waals surface area contributed by atoms with Gasteiger partial charge in [0.25, 0.3) is 0 Å². The third-order valence-electron chi connectivity index (χ3n) is 4.99. The second-order valence-electron chi connectivity index (χ2n) is 7.02. The van der Waals surface area contributed by atoms with Gasteiger partial charge in [0.1, 0.15) is 0 Å². The molecule has 1 saturated heterocycles. The average Bonchev–Trinajstić information content (AvgIpc) is 2.69. The van der Waals surface area contributed by atoms with Crippen molar-refractivity contribution >= 4 is 5.91 Å². The quantitative estimate of drug-likeness (QED) is 0.776. The lowest BCUT2D eigenvalue weighted by atomic mass is 9.92. The normalized spacial score (nSPS) is 24.2. The number of nitrogens with zero attached hydrogens (tertiary/aromatic N) is 1. The molecule has 2 rings (SSSR count). The predicted molar refractivity (Wildman–Crippen MR) is 80.9 cm³/mol. The summed E-state index contributed by atoms with van der Waals surface area (Å²) in [5.41, 5.74) is -0.816. The van der Waals surface area contributed by atoms with Gasteiger partial charge in [0.2, 0.25) is 5.91 Å². The molecule has 2 fully saturated rings. The minimum atomic E-state index is -4.18. The minimum Gasteiger partial charge on any atom is -0.388 e. The second kappa shape index (κ2) is 7.83. The maximum absolute atomic E-state index is 12.3. The number of aliphatic hydroxyl groups is 1. The zero-order valence-corrected chi connectivity index (χ0v) is 13.5. The number of carbonyl (C=O) groups is 1. The van der Waals surface area contributed by atoms with Gasteiger partial charge in [0, 0.05) is 12.5 Å². The first-order valence-corrected chi connectivity index (χ1v) is 8.57. The van der Waals surface area contributed by atoms with Crippen LogP contribution in [0.1, 0.15) is 51.4 Å². The molecule has 0 bridgehead atoms. The van der Waals surface area contributed by atoms with Crippen molar-refractivity contribution in [3.63, 3.8) is 0 Å². The molecule has 2 aliphatic rings. The summed E-state index contributed by atoms with van der Waals surface area (Å²) in [6.07, 6.45) is 2.30. The zero-order chi connectivity index (χ0) is 16.9. The molecule has 0 aromatic rings. The minimum absolute atomic E-state index is 0.130. The molecule has 0 atom stereocenters. The lowest BCUT2D eigenvalue weighted by Crippen LogP contribution is -2.47. The van der Waals surface area contributed by atoms with Crippen LogP contribution in [0.4, 0.5) is 13.2 Å². The van der Waals surface area contributed by atoms with Crippen LogP contribution in [0.3, 0.4) is 0 Å². The summed E-state index contributed by atoms with van der Waals surface area (Å²) >= 11 is 0. The van der Waals surface area contributed by atoms with Gasteiger partial charge < -0.3 is 10.4 Å². The zero-order valence-electron chi connectivity index (χ0n) is 13.5. The van der Waals surface area contributed by atoms with Crippen molar-refractivity contribution < 1.29 is 23.1 Å². The molecule has 0 aromatic carbocycles. The lowest BCUT2D eigenvalue weighted by molar-refractivity contribution is -0.149. The van der Waals surface area contributed by atoms with Gasteiger partial charge in [-0.25, -0.2) is 0 Å². The van der Waals surface area contributed by atoms with Gasteiger partial charge in [-0.1, -0.05) is 25.7 Å². The Balaban J connectivity index is 1.72. The Labute approximate surface area is 135 Å². The monoisotopic (exact) mass is 336 g/mol. The van der Waals surface area contributed by atoms with Crippen LogP contribution in [-0.2, 0) is 4.79 Å². The molecule has 134 valence electrons. The Kier molecular flexibility index (Phi) is 6.31. The Morgan fingerprint density at radius 2 is 1.70 bits per heavy atom. The molecule has 0 aromatic heterocycles. The fourth-order valence-corrected chi connectivity index (χ4v) is 3.57. The summed E-state index contributed by atoms with van der Waals surface area (Å²) < 4.78 is 37.0. The van der Waals surface area contributed by atoms with Crippen LogP contribution in [0.2, 0.25) is 0 Å². The summed E-state index contributed by atoms with van der Waals surface area (Å²) in [7, 11) is 0. The fourth-order valence-electron chi connectivity index (χ4n) is 3.57. The smallest absolute Gasteiger partial charge is 0.388 e. The molecule has 1 saturated carbocycles. The number of alkyl halides is 3. The van der Waals surface area contributed by atoms with Crippen LogP contribution in [0.25, 0.3) is 0 Å². The van der Waals surface area contributed by atoms with Crippen molar-refractivity contribution in [3.05, 3.63) is 0 Å². The number of rotatable bonds is 4. The van der Waals surface area contributed by atoms with Crippen LogP contribution in [0, 0.1) is 5.92 Å². The second-order valence-corrected chi connectivity index (χ2v) is 7.02. The van der Waals surface area contributed by atoms with Crippen LogP contribution < -0.4 is 5.32 Å². The molecular weight excluding hydrogens is 309 g/mol. The molecule has 4 nitrogen and oxygen atoms in total. The molecule has 23 heavy (non-hydrogen) atoms. The maximum atomic E-state index is 12.3. The highest BCUT2D eigenvalue weighted by Crippen LogP contribution is 2.27. The van der Waals surface area contributed by atoms with E-state index >= 15 is 0 Å². The molecule has 1 heterocycles. The maximum Gasteiger partial charge on any atom is 0.401 e. The molecule has 2 N–H and O–H groups in total. The number of piperidine rings is 1. The van der Waals surface area contributed by atoms with Crippen LogP contribution in [0.5, 0.6) is 0 Å². The summed E-state index contributed by atoms with van der Waals surface area (Å²) in [5, 5.41) is 13.3. The van der Waals surface area contributed by atoms with E-state index in [0.29, 0.717) is 38.8 Å². The Hall–Kier alpha value is -0.820. The summed E-state index contributed by atoms with van der Waals surface area (Å²) in [5.74, 6) is -0.372. The first kappa shape index (κ1) is 18.5. The first-order valence-electron chi connectivity index (χ1n) is 8.57. The molecule has 7 heteroatoms. The number of hydrogen-bond acceptors (Lipinski definition) is 3. The predicted octanol–water partition coefficient (Wildman–Crippen LogP) is 2.46. The van der Waals surface area contributed by atoms with Gasteiger partial charge in [-0.05, 0) is 38.8 Å². The third kappa shape index (κ3) is 6.30. The SMILES string of the molecule is O=C(NCC1(O)CCCCCC1)C1CCN(CC(F)(F)F)CC1. The van der Waals surface area contributed by atoms with E-state index in [9.17, 15) is 23.1 Å². The highest BCUT2D eigenvalue weighted by molar-refractivity contribution is 5.78. The van der Waals surface area contributed by atoms with Gasteiger partial charge >= 0.3 is 6.18 Å². The van der Waals surface area contributed by atoms with Crippen molar-refractivity contribution in [2.45, 2.75) is 63.1 Å². The van der Waals surface area contributed by atoms with E-state index in [-0.39, 0.29) is 18.4 Å². The number of halogens is 3. The number of nitrogens with one attached hydrogen (secondary N) is 1. The van der Waals surface area contributed by atoms with Crippen molar-refractivity contribution in [3.8, 4) is 0 Å². The van der Waals surface area contributed by atoms with Gasteiger partial charge in [0.15, 0.2) is 0 Å². The largest absolute Gasteiger partial charge is 0.401 e. The molecule has 1 amide bonds. The van der Waals surface area contributed by atoms with Crippen molar-refractivity contribution in [2.24, 2.45) is 5.92 Å². The van der Waals surface area contributed by atoms with E-state index in [1.165, 1.54) is 4.90 Å². The summed E-state index contributed by atoms with van der Waals surface area (Å²) in [6.45, 7) is -0.0561. The molecule has 0 radical (unpaired) electrons. The Morgan fingerprint density at radius 1 is 1.13 bits per heavy atom. The topological polar surface area (TPSA) is 52.6 Å². The molecule has 0 spiro atoms. The number of likely N-dealkylation sites (tertiary alicyclic amines) is 1. The Morgan fingerprint density at radius 3 is 2.22 bits per heavy atom. The lowest BCUT2D eigenvalue weighted by Gasteiger charge is -2.33. The van der Waals surface area contributed by atoms with Gasteiger partial charge in [0.05, 0.1) is 12.1 Å². The van der Waals surface area contributed by atoms with Crippen molar-refractivity contribution in [1.29, 1.82) is 0 Å².